The Morgan fingerprint density at radius 1 is 1.26 bits per heavy atom. The Balaban J connectivity index is 1.85. The number of rotatable bonds is 4. The van der Waals surface area contributed by atoms with Gasteiger partial charge in [-0.15, -0.1) is 0 Å². The number of carbonyl (C=O) groups is 1. The molecule has 23 heavy (non-hydrogen) atoms. The largest absolute Gasteiger partial charge is 0.480 e. The van der Waals surface area contributed by atoms with E-state index in [9.17, 15) is 4.79 Å². The molecule has 0 saturated heterocycles. The molecule has 6 heteroatoms. The van der Waals surface area contributed by atoms with Crippen molar-refractivity contribution in [2.24, 2.45) is 0 Å². The van der Waals surface area contributed by atoms with Crippen LogP contribution in [-0.4, -0.2) is 23.0 Å². The number of carbonyl (C=O) groups excluding carboxylic acids is 1. The topological polar surface area (TPSA) is 64.1 Å². The average Bonchev–Trinajstić information content (AvgIpc) is 3.09. The summed E-state index contributed by atoms with van der Waals surface area (Å²) in [5.41, 5.74) is 3.64. The number of nitrogens with zero attached hydrogens (tertiary/aromatic N) is 2. The number of pyridine rings is 2. The van der Waals surface area contributed by atoms with Gasteiger partial charge in [-0.3, -0.25) is 9.78 Å². The quantitative estimate of drug-likeness (QED) is 0.793. The van der Waals surface area contributed by atoms with E-state index in [1.807, 2.05) is 29.8 Å². The molecule has 3 heterocycles. The standard InChI is InChI=1S/C17H15N3O2S/c1-11-13(5-6-14(19-11)12-7-9-23-10-12)16(21)20-15-4-3-8-18-17(15)22-2/h3-10H,1-2H3,(H,20,21). The molecule has 3 aromatic heterocycles. The molecule has 116 valence electrons. The molecule has 0 aromatic carbocycles. The number of nitrogens with one attached hydrogen (secondary N) is 1. The molecule has 1 N–H and O–H groups in total. The van der Waals surface area contributed by atoms with Gasteiger partial charge in [0.05, 0.1) is 24.1 Å². The third kappa shape index (κ3) is 3.22. The highest BCUT2D eigenvalue weighted by molar-refractivity contribution is 7.08. The molecule has 0 unspecified atom stereocenters. The van der Waals surface area contributed by atoms with Crippen molar-refractivity contribution >= 4 is 22.9 Å². The minimum absolute atomic E-state index is 0.238. The molecule has 0 aliphatic rings. The minimum Gasteiger partial charge on any atom is -0.480 e. The van der Waals surface area contributed by atoms with Gasteiger partial charge in [-0.05, 0) is 42.6 Å². The van der Waals surface area contributed by atoms with Gasteiger partial charge >= 0.3 is 0 Å². The van der Waals surface area contributed by atoms with Crippen molar-refractivity contribution in [2.75, 3.05) is 12.4 Å². The van der Waals surface area contributed by atoms with Crippen molar-refractivity contribution in [3.63, 3.8) is 0 Å². The van der Waals surface area contributed by atoms with Crippen LogP contribution in [0.2, 0.25) is 0 Å². The summed E-state index contributed by atoms with van der Waals surface area (Å²) in [4.78, 5) is 21.1. The molecule has 0 bridgehead atoms. The highest BCUT2D eigenvalue weighted by atomic mass is 32.1. The molecule has 5 nitrogen and oxygen atoms in total. The molecular weight excluding hydrogens is 310 g/mol. The summed E-state index contributed by atoms with van der Waals surface area (Å²) in [6.07, 6.45) is 1.61. The molecule has 0 fully saturated rings. The van der Waals surface area contributed by atoms with Crippen LogP contribution < -0.4 is 10.1 Å². The van der Waals surface area contributed by atoms with E-state index in [-0.39, 0.29) is 5.91 Å². The summed E-state index contributed by atoms with van der Waals surface area (Å²) in [6, 6.07) is 9.12. The minimum atomic E-state index is -0.238. The molecule has 0 saturated carbocycles. The Bertz CT molecular complexity index is 832. The van der Waals surface area contributed by atoms with Crippen molar-refractivity contribution in [1.29, 1.82) is 0 Å². The monoisotopic (exact) mass is 325 g/mol. The van der Waals surface area contributed by atoms with Gasteiger partial charge in [-0.25, -0.2) is 4.98 Å². The first-order chi connectivity index (χ1) is 11.2. The van der Waals surface area contributed by atoms with Gasteiger partial charge in [-0.2, -0.15) is 11.3 Å². The average molecular weight is 325 g/mol. The van der Waals surface area contributed by atoms with Crippen molar-refractivity contribution in [3.8, 4) is 17.1 Å². The summed E-state index contributed by atoms with van der Waals surface area (Å²) in [6.45, 7) is 1.82. The fourth-order valence-electron chi connectivity index (χ4n) is 2.21. The first-order valence-electron chi connectivity index (χ1n) is 6.99. The number of aromatic nitrogens is 2. The molecule has 3 aromatic rings. The van der Waals surface area contributed by atoms with Gasteiger partial charge in [0.1, 0.15) is 5.69 Å². The molecule has 0 aliphatic heterocycles. The highest BCUT2D eigenvalue weighted by Crippen LogP contribution is 2.23. The number of thiophene rings is 1. The zero-order chi connectivity index (χ0) is 16.2. The molecule has 0 spiro atoms. The molecule has 3 rings (SSSR count). The highest BCUT2D eigenvalue weighted by Gasteiger charge is 2.14. The third-order valence-electron chi connectivity index (χ3n) is 3.36. The summed E-state index contributed by atoms with van der Waals surface area (Å²) < 4.78 is 5.14. The number of hydrogen-bond donors (Lipinski definition) is 1. The number of aryl methyl sites for hydroxylation is 1. The smallest absolute Gasteiger partial charge is 0.257 e. The van der Waals surface area contributed by atoms with E-state index in [0.717, 1.165) is 11.3 Å². The lowest BCUT2D eigenvalue weighted by Crippen LogP contribution is -2.15. The van der Waals surface area contributed by atoms with Crippen molar-refractivity contribution in [2.45, 2.75) is 6.92 Å². The number of hydrogen-bond acceptors (Lipinski definition) is 5. The zero-order valence-electron chi connectivity index (χ0n) is 12.7. The number of ether oxygens (including phenoxy) is 1. The summed E-state index contributed by atoms with van der Waals surface area (Å²) in [7, 11) is 1.51. The maximum Gasteiger partial charge on any atom is 0.257 e. The van der Waals surface area contributed by atoms with E-state index in [4.69, 9.17) is 4.74 Å². The lowest BCUT2D eigenvalue weighted by atomic mass is 10.1. The second-order valence-electron chi connectivity index (χ2n) is 4.86. The lowest BCUT2D eigenvalue weighted by molar-refractivity contribution is 0.102. The molecule has 1 amide bonds. The Labute approximate surface area is 138 Å². The van der Waals surface area contributed by atoms with Gasteiger partial charge in [0.25, 0.3) is 5.91 Å². The normalized spacial score (nSPS) is 10.3. The second-order valence-corrected chi connectivity index (χ2v) is 5.64. The van der Waals surface area contributed by atoms with Crippen LogP contribution in [0.4, 0.5) is 5.69 Å². The number of methoxy groups -OCH3 is 1. The lowest BCUT2D eigenvalue weighted by Gasteiger charge is -2.10. The van der Waals surface area contributed by atoms with Crippen LogP contribution in [0.5, 0.6) is 5.88 Å². The van der Waals surface area contributed by atoms with Gasteiger partial charge in [-0.1, -0.05) is 0 Å². The Kier molecular flexibility index (Phi) is 4.34. The van der Waals surface area contributed by atoms with E-state index in [2.05, 4.69) is 15.3 Å². The Morgan fingerprint density at radius 2 is 2.13 bits per heavy atom. The summed E-state index contributed by atoms with van der Waals surface area (Å²) in [5.74, 6) is 0.138. The molecule has 0 atom stereocenters. The van der Waals surface area contributed by atoms with Gasteiger partial charge < -0.3 is 10.1 Å². The van der Waals surface area contributed by atoms with Gasteiger partial charge in [0, 0.05) is 17.1 Å². The van der Waals surface area contributed by atoms with Gasteiger partial charge in [0.2, 0.25) is 5.88 Å². The van der Waals surface area contributed by atoms with Crippen LogP contribution in [0, 0.1) is 6.92 Å². The number of anilines is 1. The Morgan fingerprint density at radius 3 is 2.83 bits per heavy atom. The van der Waals surface area contributed by atoms with Crippen LogP contribution in [0.3, 0.4) is 0 Å². The zero-order valence-corrected chi connectivity index (χ0v) is 13.6. The maximum atomic E-state index is 12.5. The first-order valence-corrected chi connectivity index (χ1v) is 7.94. The van der Waals surface area contributed by atoms with Crippen LogP contribution in [0.25, 0.3) is 11.3 Å². The van der Waals surface area contributed by atoms with Crippen molar-refractivity contribution < 1.29 is 9.53 Å². The summed E-state index contributed by atoms with van der Waals surface area (Å²) in [5, 5.41) is 6.84. The fraction of sp³-hybridized carbons (Fsp3) is 0.118. The fourth-order valence-corrected chi connectivity index (χ4v) is 2.86. The van der Waals surface area contributed by atoms with Crippen molar-refractivity contribution in [3.05, 3.63) is 58.5 Å². The first kappa shape index (κ1) is 15.2. The Hall–Kier alpha value is -2.73. The predicted molar refractivity (Wildman–Crippen MR) is 91.0 cm³/mol. The van der Waals surface area contributed by atoms with Crippen LogP contribution >= 0.6 is 11.3 Å². The maximum absolute atomic E-state index is 12.5. The van der Waals surface area contributed by atoms with Gasteiger partial charge in [0.15, 0.2) is 0 Å². The van der Waals surface area contributed by atoms with E-state index >= 15 is 0 Å². The molecule has 0 radical (unpaired) electrons. The van der Waals surface area contributed by atoms with E-state index in [1.54, 1.807) is 35.7 Å². The van der Waals surface area contributed by atoms with E-state index in [0.29, 0.717) is 22.8 Å². The van der Waals surface area contributed by atoms with E-state index < -0.39 is 0 Å². The third-order valence-corrected chi connectivity index (χ3v) is 4.04. The van der Waals surface area contributed by atoms with E-state index in [1.165, 1.54) is 7.11 Å². The predicted octanol–water partition coefficient (Wildman–Crippen LogP) is 3.77. The summed E-state index contributed by atoms with van der Waals surface area (Å²) >= 11 is 1.62. The SMILES string of the molecule is COc1ncccc1NC(=O)c1ccc(-c2ccsc2)nc1C. The van der Waals surface area contributed by atoms with Crippen molar-refractivity contribution in [1.82, 2.24) is 9.97 Å². The molecular formula is C17H15N3O2S. The second kappa shape index (κ2) is 6.58. The van der Waals surface area contributed by atoms with Crippen LogP contribution in [0.1, 0.15) is 16.1 Å². The van der Waals surface area contributed by atoms with Crippen LogP contribution in [-0.2, 0) is 0 Å². The number of amides is 1. The molecule has 0 aliphatic carbocycles. The van der Waals surface area contributed by atoms with Crippen LogP contribution in [0.15, 0.2) is 47.3 Å².